The molecule has 2 N–H and O–H groups in total. The average Bonchev–Trinajstić information content (AvgIpc) is 2.48. The van der Waals surface area contributed by atoms with Gasteiger partial charge in [0.1, 0.15) is 0 Å². The Morgan fingerprint density at radius 2 is 2.14 bits per heavy atom. The first kappa shape index (κ1) is 16.9. The Kier molecular flexibility index (Phi) is 7.82. The Morgan fingerprint density at radius 1 is 1.33 bits per heavy atom. The molecule has 0 atom stereocenters. The monoisotopic (exact) mass is 291 g/mol. The fraction of sp³-hybridized carbons (Fsp3) is 0.375. The minimum atomic E-state index is -1.02. The van der Waals surface area contributed by atoms with E-state index >= 15 is 0 Å². The molecular weight excluding hydrogens is 270 g/mol. The summed E-state index contributed by atoms with van der Waals surface area (Å²) < 4.78 is 5.36. The number of hydrogen-bond donors (Lipinski definition) is 2. The van der Waals surface area contributed by atoms with Crippen molar-refractivity contribution in [2.24, 2.45) is 0 Å². The Bertz CT molecular complexity index is 497. The van der Waals surface area contributed by atoms with Gasteiger partial charge in [-0.2, -0.15) is 0 Å². The van der Waals surface area contributed by atoms with Crippen molar-refractivity contribution in [3.8, 4) is 0 Å². The number of carboxylic acids is 1. The van der Waals surface area contributed by atoms with Crippen LogP contribution in [0.4, 0.5) is 0 Å². The highest BCUT2D eigenvalue weighted by Gasteiger charge is 2.04. The van der Waals surface area contributed by atoms with Crippen LogP contribution in [-0.4, -0.2) is 36.7 Å². The maximum atomic E-state index is 11.9. The number of rotatable bonds is 9. The lowest BCUT2D eigenvalue weighted by Gasteiger charge is -2.06. The number of nitrogens with one attached hydrogen (secondary N) is 1. The Balaban J connectivity index is 2.43. The van der Waals surface area contributed by atoms with Crippen LogP contribution in [0.5, 0.6) is 0 Å². The van der Waals surface area contributed by atoms with Gasteiger partial charge >= 0.3 is 5.97 Å². The van der Waals surface area contributed by atoms with Crippen molar-refractivity contribution in [1.29, 1.82) is 0 Å². The highest BCUT2D eigenvalue weighted by atomic mass is 16.5. The first-order valence-electron chi connectivity index (χ1n) is 7.00. The van der Waals surface area contributed by atoms with Gasteiger partial charge in [0.25, 0.3) is 5.91 Å². The second kappa shape index (κ2) is 9.72. The lowest BCUT2D eigenvalue weighted by atomic mass is 10.1. The highest BCUT2D eigenvalue weighted by Crippen LogP contribution is 2.07. The Hall–Kier alpha value is -2.14. The van der Waals surface area contributed by atoms with Crippen LogP contribution in [0, 0.1) is 0 Å². The van der Waals surface area contributed by atoms with Crippen molar-refractivity contribution in [3.05, 3.63) is 41.5 Å². The minimum Gasteiger partial charge on any atom is -0.478 e. The van der Waals surface area contributed by atoms with Gasteiger partial charge in [-0.05, 0) is 30.2 Å². The van der Waals surface area contributed by atoms with Crippen LogP contribution in [0.25, 0.3) is 6.08 Å². The summed E-state index contributed by atoms with van der Waals surface area (Å²) in [5.41, 5.74) is 1.17. The maximum Gasteiger partial charge on any atom is 0.328 e. The molecular formula is C16H21NO4. The zero-order valence-corrected chi connectivity index (χ0v) is 12.2. The second-order valence-electron chi connectivity index (χ2n) is 4.52. The zero-order valence-electron chi connectivity index (χ0n) is 12.2. The molecule has 0 heterocycles. The van der Waals surface area contributed by atoms with Crippen molar-refractivity contribution in [2.75, 3.05) is 19.8 Å². The molecule has 0 bridgehead atoms. The first-order valence-corrected chi connectivity index (χ1v) is 7.00. The number of carbonyl (C=O) groups excluding carboxylic acids is 1. The van der Waals surface area contributed by atoms with E-state index in [2.05, 4.69) is 12.2 Å². The SMILES string of the molecule is CCCCOCCNC(=O)c1cccc(C=CC(=O)O)c1. The van der Waals surface area contributed by atoms with Crippen LogP contribution >= 0.6 is 0 Å². The quantitative estimate of drug-likeness (QED) is 0.541. The summed E-state index contributed by atoms with van der Waals surface area (Å²) in [6, 6.07) is 6.79. The predicted molar refractivity (Wildman–Crippen MR) is 81.2 cm³/mol. The van der Waals surface area contributed by atoms with Crippen molar-refractivity contribution in [1.82, 2.24) is 5.32 Å². The summed E-state index contributed by atoms with van der Waals surface area (Å²) in [5.74, 6) is -1.21. The van der Waals surface area contributed by atoms with E-state index in [1.54, 1.807) is 24.3 Å². The molecule has 0 aliphatic heterocycles. The number of aliphatic carboxylic acids is 1. The van der Waals surface area contributed by atoms with Gasteiger partial charge in [0.2, 0.25) is 0 Å². The van der Waals surface area contributed by atoms with Gasteiger partial charge in [-0.25, -0.2) is 4.79 Å². The maximum absolute atomic E-state index is 11.9. The molecule has 0 fully saturated rings. The lowest BCUT2D eigenvalue weighted by molar-refractivity contribution is -0.131. The van der Waals surface area contributed by atoms with Crippen molar-refractivity contribution in [3.63, 3.8) is 0 Å². The van der Waals surface area contributed by atoms with E-state index in [0.29, 0.717) is 30.9 Å². The van der Waals surface area contributed by atoms with E-state index in [1.807, 2.05) is 0 Å². The third kappa shape index (κ3) is 7.27. The summed E-state index contributed by atoms with van der Waals surface area (Å²) in [5, 5.41) is 11.3. The molecule has 5 heteroatoms. The normalized spacial score (nSPS) is 10.7. The fourth-order valence-electron chi connectivity index (χ4n) is 1.64. The highest BCUT2D eigenvalue weighted by molar-refractivity contribution is 5.95. The molecule has 0 saturated carbocycles. The van der Waals surface area contributed by atoms with E-state index < -0.39 is 5.97 Å². The van der Waals surface area contributed by atoms with Crippen LogP contribution in [0.1, 0.15) is 35.7 Å². The molecule has 0 aromatic heterocycles. The minimum absolute atomic E-state index is 0.195. The van der Waals surface area contributed by atoms with Gasteiger partial charge in [0.15, 0.2) is 0 Å². The van der Waals surface area contributed by atoms with Gasteiger partial charge in [0.05, 0.1) is 6.61 Å². The molecule has 1 rings (SSSR count). The molecule has 1 aromatic carbocycles. The van der Waals surface area contributed by atoms with Gasteiger partial charge < -0.3 is 15.2 Å². The molecule has 114 valence electrons. The lowest BCUT2D eigenvalue weighted by Crippen LogP contribution is -2.27. The molecule has 5 nitrogen and oxygen atoms in total. The van der Waals surface area contributed by atoms with E-state index in [0.717, 1.165) is 18.9 Å². The Labute approximate surface area is 124 Å². The number of amides is 1. The predicted octanol–water partition coefficient (Wildman–Crippen LogP) is 2.33. The van der Waals surface area contributed by atoms with Gasteiger partial charge in [-0.15, -0.1) is 0 Å². The number of ether oxygens (including phenoxy) is 1. The summed E-state index contributed by atoms with van der Waals surface area (Å²) in [6.07, 6.45) is 4.60. The molecule has 21 heavy (non-hydrogen) atoms. The van der Waals surface area contributed by atoms with Crippen LogP contribution in [0.15, 0.2) is 30.3 Å². The zero-order chi connectivity index (χ0) is 15.5. The Morgan fingerprint density at radius 3 is 2.86 bits per heavy atom. The number of carbonyl (C=O) groups is 2. The number of hydrogen-bond acceptors (Lipinski definition) is 3. The third-order valence-corrected chi connectivity index (χ3v) is 2.74. The average molecular weight is 291 g/mol. The molecule has 0 aliphatic carbocycles. The second-order valence-corrected chi connectivity index (χ2v) is 4.52. The number of benzene rings is 1. The third-order valence-electron chi connectivity index (χ3n) is 2.74. The van der Waals surface area contributed by atoms with Crippen LogP contribution in [-0.2, 0) is 9.53 Å². The molecule has 0 spiro atoms. The summed E-state index contributed by atoms with van der Waals surface area (Å²) >= 11 is 0. The number of unbranched alkanes of at least 4 members (excludes halogenated alkanes) is 1. The largest absolute Gasteiger partial charge is 0.478 e. The van der Waals surface area contributed by atoms with Crippen molar-refractivity contribution >= 4 is 18.0 Å². The summed E-state index contributed by atoms with van der Waals surface area (Å²) in [6.45, 7) is 3.75. The van der Waals surface area contributed by atoms with Gasteiger partial charge in [0, 0.05) is 24.8 Å². The molecule has 1 aromatic rings. The molecule has 0 radical (unpaired) electrons. The van der Waals surface area contributed by atoms with Crippen LogP contribution in [0.2, 0.25) is 0 Å². The summed E-state index contributed by atoms with van der Waals surface area (Å²) in [7, 11) is 0. The van der Waals surface area contributed by atoms with Gasteiger partial charge in [-0.1, -0.05) is 25.5 Å². The van der Waals surface area contributed by atoms with Crippen molar-refractivity contribution < 1.29 is 19.4 Å². The van der Waals surface area contributed by atoms with Crippen LogP contribution in [0.3, 0.4) is 0 Å². The van der Waals surface area contributed by atoms with Crippen molar-refractivity contribution in [2.45, 2.75) is 19.8 Å². The van der Waals surface area contributed by atoms with Crippen LogP contribution < -0.4 is 5.32 Å². The standard InChI is InChI=1S/C16H21NO4/c1-2-3-10-21-11-9-17-16(20)14-6-4-5-13(12-14)7-8-15(18)19/h4-8,12H,2-3,9-11H2,1H3,(H,17,20)(H,18,19). The smallest absolute Gasteiger partial charge is 0.328 e. The van der Waals surface area contributed by atoms with E-state index in [9.17, 15) is 9.59 Å². The van der Waals surface area contributed by atoms with Gasteiger partial charge in [-0.3, -0.25) is 4.79 Å². The molecule has 1 amide bonds. The summed E-state index contributed by atoms with van der Waals surface area (Å²) in [4.78, 5) is 22.4. The van der Waals surface area contributed by atoms with E-state index in [-0.39, 0.29) is 5.91 Å². The molecule has 0 aliphatic rings. The number of carboxylic acid groups (broad SMARTS) is 1. The fourth-order valence-corrected chi connectivity index (χ4v) is 1.64. The van der Waals surface area contributed by atoms with E-state index in [4.69, 9.17) is 9.84 Å². The molecule has 0 saturated heterocycles. The molecule has 0 unspecified atom stereocenters. The topological polar surface area (TPSA) is 75.6 Å². The first-order chi connectivity index (χ1) is 10.1. The van der Waals surface area contributed by atoms with E-state index in [1.165, 1.54) is 6.08 Å².